The Morgan fingerprint density at radius 2 is 1.64 bits per heavy atom. The third-order valence-electron chi connectivity index (χ3n) is 8.03. The molecule has 1 aliphatic carbocycles. The smallest absolute Gasteiger partial charge is 0.268 e. The van der Waals surface area contributed by atoms with Crippen molar-refractivity contribution in [2.45, 2.75) is 44.3 Å². The Kier molecular flexibility index (Phi) is 8.56. The summed E-state index contributed by atoms with van der Waals surface area (Å²) in [6, 6.07) is 19.1. The summed E-state index contributed by atoms with van der Waals surface area (Å²) in [7, 11) is 3.18. The van der Waals surface area contributed by atoms with Crippen LogP contribution >= 0.6 is 11.5 Å². The molecular formula is C33H34N4O6S. The van der Waals surface area contributed by atoms with Crippen molar-refractivity contribution in [3.05, 3.63) is 82.7 Å². The van der Waals surface area contributed by atoms with Gasteiger partial charge >= 0.3 is 0 Å². The highest BCUT2D eigenvalue weighted by Crippen LogP contribution is 2.37. The Hall–Kier alpha value is -4.77. The Bertz CT molecular complexity index is 1630. The number of ether oxygens (including phenoxy) is 4. The molecule has 6 rings (SSSR count). The van der Waals surface area contributed by atoms with Crippen LogP contribution in [0.2, 0.25) is 0 Å². The van der Waals surface area contributed by atoms with Gasteiger partial charge in [0.05, 0.1) is 19.9 Å². The van der Waals surface area contributed by atoms with Crippen molar-refractivity contribution in [1.82, 2.24) is 14.6 Å². The normalized spacial score (nSPS) is 14.7. The van der Waals surface area contributed by atoms with Crippen LogP contribution in [0.3, 0.4) is 0 Å². The molecule has 0 radical (unpaired) electrons. The van der Waals surface area contributed by atoms with Gasteiger partial charge in [0.15, 0.2) is 11.5 Å². The van der Waals surface area contributed by atoms with E-state index in [2.05, 4.69) is 9.69 Å². The molecule has 1 aliphatic heterocycles. The second-order valence-corrected chi connectivity index (χ2v) is 11.6. The van der Waals surface area contributed by atoms with Gasteiger partial charge in [0.25, 0.3) is 5.91 Å². The molecule has 2 heterocycles. The molecule has 2 aliphatic rings. The number of hydrogen-bond donors (Lipinski definition) is 2. The van der Waals surface area contributed by atoms with Crippen LogP contribution in [0, 0.1) is 0 Å². The third kappa shape index (κ3) is 6.00. The number of nitrogens with two attached hydrogens (primary N) is 1. The number of nitrogens with one attached hydrogen (secondary N) is 1. The van der Waals surface area contributed by atoms with E-state index in [1.807, 2.05) is 54.6 Å². The van der Waals surface area contributed by atoms with Crippen molar-refractivity contribution >= 4 is 29.0 Å². The van der Waals surface area contributed by atoms with E-state index in [9.17, 15) is 9.59 Å². The van der Waals surface area contributed by atoms with Gasteiger partial charge in [-0.3, -0.25) is 9.59 Å². The van der Waals surface area contributed by atoms with E-state index < -0.39 is 11.9 Å². The fourth-order valence-electron chi connectivity index (χ4n) is 5.66. The first kappa shape index (κ1) is 29.3. The predicted molar refractivity (Wildman–Crippen MR) is 167 cm³/mol. The molecule has 1 atom stereocenters. The number of rotatable bonds is 10. The van der Waals surface area contributed by atoms with Crippen molar-refractivity contribution in [3.8, 4) is 34.3 Å². The summed E-state index contributed by atoms with van der Waals surface area (Å²) in [5.74, 6) is 1.91. The number of aromatic nitrogens is 1. The number of carbonyl (C=O) groups excluding carboxylic acids is 2. The van der Waals surface area contributed by atoms with E-state index in [-0.39, 0.29) is 35.9 Å². The van der Waals surface area contributed by atoms with E-state index in [0.29, 0.717) is 34.3 Å². The van der Waals surface area contributed by atoms with Crippen LogP contribution < -0.4 is 30.0 Å². The molecule has 2 amide bonds. The van der Waals surface area contributed by atoms with Gasteiger partial charge in [-0.15, -0.1) is 0 Å². The number of methoxy groups -OCH3 is 2. The van der Waals surface area contributed by atoms with Crippen LogP contribution in [-0.2, 0) is 11.3 Å². The van der Waals surface area contributed by atoms with E-state index in [4.69, 9.17) is 24.7 Å². The first-order valence-corrected chi connectivity index (χ1v) is 15.3. The molecule has 3 N–H and O–H groups in total. The number of anilines is 1. The van der Waals surface area contributed by atoms with Crippen molar-refractivity contribution in [3.63, 3.8) is 0 Å². The Morgan fingerprint density at radius 1 is 0.977 bits per heavy atom. The lowest BCUT2D eigenvalue weighted by atomic mass is 10.0. The molecular weight excluding hydrogens is 580 g/mol. The molecule has 1 aromatic heterocycles. The molecule has 44 heavy (non-hydrogen) atoms. The molecule has 10 nitrogen and oxygen atoms in total. The average molecular weight is 615 g/mol. The number of amides is 2. The number of carbonyl (C=O) groups is 2. The van der Waals surface area contributed by atoms with Gasteiger partial charge in [-0.25, -0.2) is 0 Å². The zero-order valence-electron chi connectivity index (χ0n) is 24.6. The van der Waals surface area contributed by atoms with Crippen molar-refractivity contribution < 1.29 is 28.5 Å². The highest BCUT2D eigenvalue weighted by Gasteiger charge is 2.36. The molecule has 0 spiro atoms. The second kappa shape index (κ2) is 12.8. The molecule has 11 heteroatoms. The minimum Gasteiger partial charge on any atom is -0.497 e. The molecule has 3 aromatic carbocycles. The monoisotopic (exact) mass is 614 g/mol. The maximum Gasteiger partial charge on any atom is 0.268 e. The zero-order valence-corrected chi connectivity index (χ0v) is 25.4. The third-order valence-corrected chi connectivity index (χ3v) is 8.88. The molecule has 1 unspecified atom stereocenters. The first-order valence-electron chi connectivity index (χ1n) is 14.5. The van der Waals surface area contributed by atoms with Crippen LogP contribution in [0.25, 0.3) is 11.3 Å². The lowest BCUT2D eigenvalue weighted by Gasteiger charge is -2.32. The molecule has 4 aromatic rings. The molecule has 0 bridgehead atoms. The highest BCUT2D eigenvalue weighted by molar-refractivity contribution is 7.09. The van der Waals surface area contributed by atoms with Gasteiger partial charge in [-0.1, -0.05) is 31.0 Å². The van der Waals surface area contributed by atoms with E-state index in [1.54, 1.807) is 31.3 Å². The minimum absolute atomic E-state index is 0.0564. The Labute approximate surface area is 259 Å². The standard InChI is InChI=1S/C33H34N4O6S/c1-40-24-12-8-21(9-13-24)29-28(34)31(44-36-29)33(39)37(18-20-7-16-26-27(17-20)43-19-42-26)30(22-10-14-25(41-2)15-11-22)32(38)35-23-5-3-4-6-23/h7-17,23,30H,3-6,18-19,34H2,1-2H3,(H,35,38). The van der Waals surface area contributed by atoms with E-state index in [0.717, 1.165) is 48.3 Å². The van der Waals surface area contributed by atoms with Crippen LogP contribution in [-0.4, -0.2) is 48.1 Å². The van der Waals surface area contributed by atoms with Crippen molar-refractivity contribution in [1.29, 1.82) is 0 Å². The van der Waals surface area contributed by atoms with Gasteiger partial charge in [0.2, 0.25) is 12.7 Å². The quantitative estimate of drug-likeness (QED) is 0.237. The van der Waals surface area contributed by atoms with Crippen LogP contribution in [0.1, 0.15) is 52.5 Å². The van der Waals surface area contributed by atoms with E-state index in [1.165, 1.54) is 0 Å². The van der Waals surface area contributed by atoms with E-state index >= 15 is 0 Å². The van der Waals surface area contributed by atoms with Crippen LogP contribution in [0.15, 0.2) is 66.7 Å². The van der Waals surface area contributed by atoms with Crippen molar-refractivity contribution in [2.24, 2.45) is 0 Å². The lowest BCUT2D eigenvalue weighted by molar-refractivity contribution is -0.126. The second-order valence-electron chi connectivity index (χ2n) is 10.8. The van der Waals surface area contributed by atoms with Gasteiger partial charge in [0.1, 0.15) is 28.1 Å². The Balaban J connectivity index is 1.41. The van der Waals surface area contributed by atoms with Crippen molar-refractivity contribution in [2.75, 3.05) is 26.7 Å². The number of nitrogens with zero attached hydrogens (tertiary/aromatic N) is 2. The fraction of sp³-hybridized carbons (Fsp3) is 0.303. The summed E-state index contributed by atoms with van der Waals surface area (Å²) in [6.45, 7) is 0.241. The predicted octanol–water partition coefficient (Wildman–Crippen LogP) is 5.58. The summed E-state index contributed by atoms with van der Waals surface area (Å²) in [5.41, 5.74) is 9.54. The number of nitrogen functional groups attached to an aromatic ring is 1. The lowest BCUT2D eigenvalue weighted by Crippen LogP contribution is -2.45. The number of fused-ring (bicyclic) bond motifs is 1. The maximum absolute atomic E-state index is 14.6. The first-order chi connectivity index (χ1) is 21.4. The summed E-state index contributed by atoms with van der Waals surface area (Å²) in [5, 5.41) is 3.21. The minimum atomic E-state index is -0.953. The number of benzene rings is 3. The maximum atomic E-state index is 14.6. The highest BCUT2D eigenvalue weighted by atomic mass is 32.1. The van der Waals surface area contributed by atoms with Gasteiger partial charge in [0, 0.05) is 18.2 Å². The molecule has 1 saturated carbocycles. The average Bonchev–Trinajstić information content (AvgIpc) is 3.82. The summed E-state index contributed by atoms with van der Waals surface area (Å²) < 4.78 is 26.3. The molecule has 1 fully saturated rings. The fourth-order valence-corrected chi connectivity index (χ4v) is 6.44. The van der Waals surface area contributed by atoms with Gasteiger partial charge in [-0.2, -0.15) is 4.37 Å². The summed E-state index contributed by atoms with van der Waals surface area (Å²) in [6.07, 6.45) is 3.93. The van der Waals surface area contributed by atoms with Gasteiger partial charge in [-0.05, 0) is 84.0 Å². The Morgan fingerprint density at radius 3 is 2.32 bits per heavy atom. The summed E-state index contributed by atoms with van der Waals surface area (Å²) >= 11 is 1.02. The molecule has 228 valence electrons. The summed E-state index contributed by atoms with van der Waals surface area (Å²) in [4.78, 5) is 30.5. The van der Waals surface area contributed by atoms with Crippen LogP contribution in [0.4, 0.5) is 5.69 Å². The SMILES string of the molecule is COc1ccc(-c2nsc(C(=O)N(Cc3ccc4c(c3)OCO4)C(C(=O)NC3CCCC3)c3ccc(OC)cc3)c2N)cc1. The largest absolute Gasteiger partial charge is 0.497 e. The van der Waals surface area contributed by atoms with Gasteiger partial charge < -0.3 is 34.9 Å². The zero-order chi connectivity index (χ0) is 30.6. The van der Waals surface area contributed by atoms with Crippen LogP contribution in [0.5, 0.6) is 23.0 Å². The molecule has 0 saturated heterocycles. The number of hydrogen-bond acceptors (Lipinski definition) is 9. The topological polar surface area (TPSA) is 125 Å².